The number of rotatable bonds is 3. The SMILES string of the molecule is Cc1ccc(Oc2ccc(NC(=O)N3CCCCCC3)cn2)cc1C. The number of carbonyl (C=O) groups is 1. The van der Waals surface area contributed by atoms with E-state index in [1.54, 1.807) is 12.3 Å². The Labute approximate surface area is 149 Å². The first-order chi connectivity index (χ1) is 12.1. The number of urea groups is 1. The summed E-state index contributed by atoms with van der Waals surface area (Å²) < 4.78 is 5.77. The zero-order valence-electron chi connectivity index (χ0n) is 14.9. The van der Waals surface area contributed by atoms with E-state index in [0.717, 1.165) is 31.7 Å². The number of aromatic nitrogens is 1. The number of anilines is 1. The normalized spacial score (nSPS) is 14.7. The van der Waals surface area contributed by atoms with Crippen molar-refractivity contribution in [1.82, 2.24) is 9.88 Å². The van der Waals surface area contributed by atoms with Crippen LogP contribution in [0.5, 0.6) is 11.6 Å². The van der Waals surface area contributed by atoms with Crippen LogP contribution in [0.4, 0.5) is 10.5 Å². The minimum atomic E-state index is -0.0495. The number of carbonyl (C=O) groups excluding carboxylic acids is 1. The topological polar surface area (TPSA) is 54.5 Å². The number of likely N-dealkylation sites (tertiary alicyclic amines) is 1. The lowest BCUT2D eigenvalue weighted by molar-refractivity contribution is 0.213. The number of aryl methyl sites for hydroxylation is 2. The van der Waals surface area contributed by atoms with Crippen LogP contribution in [0.15, 0.2) is 36.5 Å². The minimum absolute atomic E-state index is 0.0495. The summed E-state index contributed by atoms with van der Waals surface area (Å²) >= 11 is 0. The summed E-state index contributed by atoms with van der Waals surface area (Å²) in [5.74, 6) is 1.27. The van der Waals surface area contributed by atoms with Gasteiger partial charge < -0.3 is 15.0 Å². The van der Waals surface area contributed by atoms with Crippen molar-refractivity contribution in [3.05, 3.63) is 47.7 Å². The molecule has 0 spiro atoms. The molecule has 0 unspecified atom stereocenters. The fourth-order valence-corrected chi connectivity index (χ4v) is 2.89. The van der Waals surface area contributed by atoms with E-state index < -0.39 is 0 Å². The van der Waals surface area contributed by atoms with E-state index in [2.05, 4.69) is 24.1 Å². The van der Waals surface area contributed by atoms with Gasteiger partial charge in [0.1, 0.15) is 5.75 Å². The second-order valence-corrected chi connectivity index (χ2v) is 6.56. The Morgan fingerprint density at radius 2 is 1.80 bits per heavy atom. The summed E-state index contributed by atoms with van der Waals surface area (Å²) in [5, 5.41) is 2.92. The molecule has 2 amide bonds. The standard InChI is InChI=1S/C20H25N3O2/c1-15-7-9-18(13-16(15)2)25-19-10-8-17(14-21-19)22-20(24)23-11-5-3-4-6-12-23/h7-10,13-14H,3-6,11-12H2,1-2H3,(H,22,24). The molecule has 0 bridgehead atoms. The molecule has 1 aromatic carbocycles. The van der Waals surface area contributed by atoms with Crippen molar-refractivity contribution in [3.63, 3.8) is 0 Å². The minimum Gasteiger partial charge on any atom is -0.439 e. The quantitative estimate of drug-likeness (QED) is 0.865. The number of hydrogen-bond acceptors (Lipinski definition) is 3. The van der Waals surface area contributed by atoms with Crippen LogP contribution in [0, 0.1) is 13.8 Å². The van der Waals surface area contributed by atoms with Gasteiger partial charge in [-0.3, -0.25) is 0 Å². The number of pyridine rings is 1. The highest BCUT2D eigenvalue weighted by Gasteiger charge is 2.15. The first-order valence-corrected chi connectivity index (χ1v) is 8.89. The van der Waals surface area contributed by atoms with Crippen molar-refractivity contribution < 1.29 is 9.53 Å². The van der Waals surface area contributed by atoms with Gasteiger partial charge in [0.2, 0.25) is 5.88 Å². The van der Waals surface area contributed by atoms with Crippen LogP contribution in [-0.4, -0.2) is 29.0 Å². The summed E-state index contributed by atoms with van der Waals surface area (Å²) in [7, 11) is 0. The second-order valence-electron chi connectivity index (χ2n) is 6.56. The largest absolute Gasteiger partial charge is 0.439 e. The van der Waals surface area contributed by atoms with Crippen molar-refractivity contribution >= 4 is 11.7 Å². The van der Waals surface area contributed by atoms with Crippen LogP contribution >= 0.6 is 0 Å². The molecule has 1 aliphatic heterocycles. The van der Waals surface area contributed by atoms with E-state index >= 15 is 0 Å². The second kappa shape index (κ2) is 8.01. The van der Waals surface area contributed by atoms with Gasteiger partial charge >= 0.3 is 6.03 Å². The maximum atomic E-state index is 12.3. The Hall–Kier alpha value is -2.56. The van der Waals surface area contributed by atoms with E-state index in [1.807, 2.05) is 29.2 Å². The summed E-state index contributed by atoms with van der Waals surface area (Å²) in [4.78, 5) is 18.5. The summed E-state index contributed by atoms with van der Waals surface area (Å²) in [6, 6.07) is 9.49. The average Bonchev–Trinajstić information content (AvgIpc) is 2.89. The third kappa shape index (κ3) is 4.72. The zero-order chi connectivity index (χ0) is 17.6. The van der Waals surface area contributed by atoms with Crippen LogP contribution < -0.4 is 10.1 Å². The molecule has 1 aliphatic rings. The van der Waals surface area contributed by atoms with Gasteiger partial charge in [-0.05, 0) is 56.0 Å². The van der Waals surface area contributed by atoms with Crippen molar-refractivity contribution in [2.75, 3.05) is 18.4 Å². The van der Waals surface area contributed by atoms with E-state index in [0.29, 0.717) is 11.6 Å². The van der Waals surface area contributed by atoms with E-state index in [4.69, 9.17) is 4.74 Å². The molecular weight excluding hydrogens is 314 g/mol. The van der Waals surface area contributed by atoms with Crippen LogP contribution in [0.1, 0.15) is 36.8 Å². The number of benzene rings is 1. The lowest BCUT2D eigenvalue weighted by Crippen LogP contribution is -2.35. The third-order valence-corrected chi connectivity index (χ3v) is 4.58. The molecule has 1 fully saturated rings. The number of hydrogen-bond donors (Lipinski definition) is 1. The Morgan fingerprint density at radius 1 is 1.04 bits per heavy atom. The molecule has 25 heavy (non-hydrogen) atoms. The fraction of sp³-hybridized carbons (Fsp3) is 0.400. The lowest BCUT2D eigenvalue weighted by atomic mass is 10.1. The zero-order valence-corrected chi connectivity index (χ0v) is 14.9. The van der Waals surface area contributed by atoms with Gasteiger partial charge in [0.25, 0.3) is 0 Å². The van der Waals surface area contributed by atoms with E-state index in [-0.39, 0.29) is 6.03 Å². The monoisotopic (exact) mass is 339 g/mol. The van der Waals surface area contributed by atoms with Crippen molar-refractivity contribution in [1.29, 1.82) is 0 Å². The maximum absolute atomic E-state index is 12.3. The van der Waals surface area contributed by atoms with Crippen molar-refractivity contribution in [2.24, 2.45) is 0 Å². The predicted molar refractivity (Wildman–Crippen MR) is 99.3 cm³/mol. The molecule has 2 aromatic rings. The van der Waals surface area contributed by atoms with Gasteiger partial charge in [-0.2, -0.15) is 0 Å². The van der Waals surface area contributed by atoms with Crippen molar-refractivity contribution in [3.8, 4) is 11.6 Å². The first kappa shape index (κ1) is 17.3. The molecule has 2 heterocycles. The fourth-order valence-electron chi connectivity index (χ4n) is 2.89. The molecule has 0 radical (unpaired) electrons. The lowest BCUT2D eigenvalue weighted by Gasteiger charge is -2.20. The van der Waals surface area contributed by atoms with Crippen molar-refractivity contribution in [2.45, 2.75) is 39.5 Å². The van der Waals surface area contributed by atoms with Gasteiger partial charge in [-0.25, -0.2) is 9.78 Å². The smallest absolute Gasteiger partial charge is 0.321 e. The summed E-state index contributed by atoms with van der Waals surface area (Å²) in [6.45, 7) is 5.77. The first-order valence-electron chi connectivity index (χ1n) is 8.89. The van der Waals surface area contributed by atoms with Gasteiger partial charge in [-0.1, -0.05) is 18.9 Å². The van der Waals surface area contributed by atoms with Gasteiger partial charge in [0, 0.05) is 19.2 Å². The Kier molecular flexibility index (Phi) is 5.53. The van der Waals surface area contributed by atoms with Crippen LogP contribution in [0.3, 0.4) is 0 Å². The molecule has 0 atom stereocenters. The average molecular weight is 339 g/mol. The number of ether oxygens (including phenoxy) is 1. The summed E-state index contributed by atoms with van der Waals surface area (Å²) in [5.41, 5.74) is 3.09. The third-order valence-electron chi connectivity index (χ3n) is 4.58. The predicted octanol–water partition coefficient (Wildman–Crippen LogP) is 4.90. The highest BCUT2D eigenvalue weighted by molar-refractivity contribution is 5.89. The molecule has 132 valence electrons. The van der Waals surface area contributed by atoms with Crippen LogP contribution in [0.2, 0.25) is 0 Å². The molecule has 1 N–H and O–H groups in total. The molecule has 0 saturated carbocycles. The van der Waals surface area contributed by atoms with Crippen LogP contribution in [-0.2, 0) is 0 Å². The van der Waals surface area contributed by atoms with Gasteiger partial charge in [0.15, 0.2) is 0 Å². The molecule has 1 saturated heterocycles. The van der Waals surface area contributed by atoms with E-state index in [1.165, 1.54) is 24.0 Å². The number of nitrogens with zero attached hydrogens (tertiary/aromatic N) is 2. The van der Waals surface area contributed by atoms with Gasteiger partial charge in [0.05, 0.1) is 11.9 Å². The highest BCUT2D eigenvalue weighted by Crippen LogP contribution is 2.23. The number of nitrogens with one attached hydrogen (secondary N) is 1. The number of amides is 2. The highest BCUT2D eigenvalue weighted by atomic mass is 16.5. The molecule has 3 rings (SSSR count). The van der Waals surface area contributed by atoms with E-state index in [9.17, 15) is 4.79 Å². The molecule has 5 heteroatoms. The maximum Gasteiger partial charge on any atom is 0.321 e. The molecule has 1 aromatic heterocycles. The molecule has 5 nitrogen and oxygen atoms in total. The molecular formula is C20H25N3O2. The van der Waals surface area contributed by atoms with Gasteiger partial charge in [-0.15, -0.1) is 0 Å². The Morgan fingerprint density at radius 3 is 2.44 bits per heavy atom. The van der Waals surface area contributed by atoms with Crippen LogP contribution in [0.25, 0.3) is 0 Å². The Bertz CT molecular complexity index is 720. The molecule has 0 aliphatic carbocycles. The Balaban J connectivity index is 1.59. The summed E-state index contributed by atoms with van der Waals surface area (Å²) in [6.07, 6.45) is 6.20.